The van der Waals surface area contributed by atoms with E-state index in [2.05, 4.69) is 44.4 Å². The van der Waals surface area contributed by atoms with Crippen LogP contribution in [0.2, 0.25) is 0 Å². The number of halogens is 1. The van der Waals surface area contributed by atoms with Crippen LogP contribution in [0.15, 0.2) is 36.7 Å². The molecule has 5 rings (SSSR count). The van der Waals surface area contributed by atoms with E-state index in [1.54, 1.807) is 31.6 Å². The van der Waals surface area contributed by atoms with Gasteiger partial charge in [-0.1, -0.05) is 0 Å². The molecule has 11 nitrogen and oxygen atoms in total. The first-order chi connectivity index (χ1) is 17.7. The highest BCUT2D eigenvalue weighted by Crippen LogP contribution is 2.31. The van der Waals surface area contributed by atoms with Crippen molar-refractivity contribution in [3.63, 3.8) is 0 Å². The number of fused-ring (bicyclic) bond motifs is 2. The molecule has 1 aliphatic heterocycles. The Morgan fingerprint density at radius 3 is 2.70 bits per heavy atom. The summed E-state index contributed by atoms with van der Waals surface area (Å²) in [5.41, 5.74) is 7.14. The van der Waals surface area contributed by atoms with Crippen LogP contribution in [-0.2, 0) is 11.8 Å². The Morgan fingerprint density at radius 1 is 1.22 bits per heavy atom. The molecule has 0 radical (unpaired) electrons. The number of aromatic nitrogens is 4. The van der Waals surface area contributed by atoms with Crippen LogP contribution in [0.1, 0.15) is 24.2 Å². The molecule has 3 heterocycles. The predicted octanol–water partition coefficient (Wildman–Crippen LogP) is 1.96. The summed E-state index contributed by atoms with van der Waals surface area (Å²) in [6.45, 7) is 5.34. The summed E-state index contributed by atoms with van der Waals surface area (Å²) >= 11 is 0. The van der Waals surface area contributed by atoms with E-state index < -0.39 is 24.2 Å². The highest BCUT2D eigenvalue weighted by molar-refractivity contribution is 6.14. The molecule has 0 aliphatic carbocycles. The minimum atomic E-state index is -0.674. The lowest BCUT2D eigenvalue weighted by molar-refractivity contribution is -0.120. The first-order valence-corrected chi connectivity index (χ1v) is 11.8. The molecular formula is C25H27FN8O3. The highest BCUT2D eigenvalue weighted by atomic mass is 19.1. The summed E-state index contributed by atoms with van der Waals surface area (Å²) in [5.74, 6) is -1.70. The molecule has 0 spiro atoms. The number of piperazine rings is 1. The maximum Gasteiger partial charge on any atom is 0.317 e. The van der Waals surface area contributed by atoms with Crippen molar-refractivity contribution in [2.75, 3.05) is 29.9 Å². The number of nitrogens with one attached hydrogen (secondary N) is 2. The molecule has 0 saturated carbocycles. The third-order valence-corrected chi connectivity index (χ3v) is 6.13. The van der Waals surface area contributed by atoms with Crippen molar-refractivity contribution >= 4 is 45.0 Å². The number of rotatable bonds is 6. The predicted molar refractivity (Wildman–Crippen MR) is 137 cm³/mol. The van der Waals surface area contributed by atoms with E-state index in [4.69, 9.17) is 10.5 Å². The number of nitrogens with zero attached hydrogens (tertiary/aromatic N) is 5. The van der Waals surface area contributed by atoms with Gasteiger partial charge in [-0.2, -0.15) is 10.1 Å². The average molecular weight is 507 g/mol. The Hall–Kier alpha value is -4.32. The largest absolute Gasteiger partial charge is 0.453 e. The number of nitrogens with two attached hydrogens (primary N) is 1. The van der Waals surface area contributed by atoms with Gasteiger partial charge in [-0.3, -0.25) is 14.3 Å². The Labute approximate surface area is 211 Å². The van der Waals surface area contributed by atoms with Gasteiger partial charge in [0, 0.05) is 66.8 Å². The number of anilines is 2. The molecule has 0 unspecified atom stereocenters. The molecule has 192 valence electrons. The van der Waals surface area contributed by atoms with E-state index in [-0.39, 0.29) is 34.9 Å². The highest BCUT2D eigenvalue weighted by Gasteiger charge is 2.25. The van der Waals surface area contributed by atoms with Gasteiger partial charge in [0.1, 0.15) is 5.52 Å². The van der Waals surface area contributed by atoms with Gasteiger partial charge < -0.3 is 26.0 Å². The number of primary amides is 1. The maximum atomic E-state index is 14.6. The summed E-state index contributed by atoms with van der Waals surface area (Å²) in [7, 11) is 1.70. The van der Waals surface area contributed by atoms with Crippen LogP contribution in [0, 0.1) is 5.82 Å². The van der Waals surface area contributed by atoms with Crippen LogP contribution < -0.4 is 26.0 Å². The number of hydrogen-bond acceptors (Lipinski definition) is 8. The lowest BCUT2D eigenvalue weighted by Gasteiger charge is -2.38. The van der Waals surface area contributed by atoms with E-state index in [0.29, 0.717) is 16.3 Å². The van der Waals surface area contributed by atoms with Gasteiger partial charge in [-0.25, -0.2) is 9.37 Å². The Balaban J connectivity index is 1.54. The zero-order valence-corrected chi connectivity index (χ0v) is 20.7. The second-order valence-corrected chi connectivity index (χ2v) is 9.33. The van der Waals surface area contributed by atoms with Crippen molar-refractivity contribution < 1.29 is 18.7 Å². The number of carbonyl (C=O) groups excluding carboxylic acids is 2. The van der Waals surface area contributed by atoms with E-state index in [1.807, 2.05) is 6.07 Å². The van der Waals surface area contributed by atoms with Gasteiger partial charge in [0.15, 0.2) is 12.4 Å². The van der Waals surface area contributed by atoms with Gasteiger partial charge in [0.2, 0.25) is 0 Å². The van der Waals surface area contributed by atoms with Crippen molar-refractivity contribution in [3.05, 3.63) is 48.0 Å². The number of ether oxygens (including phenoxy) is 1. The Kier molecular flexibility index (Phi) is 6.34. The Bertz CT molecular complexity index is 1510. The topological polar surface area (TPSA) is 140 Å². The third kappa shape index (κ3) is 5.00. The smallest absolute Gasteiger partial charge is 0.317 e. The van der Waals surface area contributed by atoms with E-state index in [9.17, 15) is 14.0 Å². The lowest BCUT2D eigenvalue weighted by atomic mass is 10.0. The SMILES string of the molecule is C[C@@H]1CN(c2ccc(C(=O)Nc3cc(F)c4nn(C)cc4c3)c3nc(OCC(N)=O)ncc23)C[C@@H](C)N1. The standard InChI is InChI=1S/C25H27FN8O3/c1-13-9-34(10-14(2)29-13)20-5-4-17(23-18(20)8-28-25(31-23)37-12-21(27)35)24(36)30-16-6-15-11-33(3)32-22(15)19(26)7-16/h4-8,11,13-14,29H,9-10,12H2,1-3H3,(H2,27,35)(H,30,36)/t13-,14-/m1/s1. The number of aryl methyl sites for hydroxylation is 1. The van der Waals surface area contributed by atoms with E-state index in [1.165, 1.54) is 10.7 Å². The van der Waals surface area contributed by atoms with Crippen LogP contribution in [0.4, 0.5) is 15.8 Å². The fourth-order valence-electron chi connectivity index (χ4n) is 4.76. The quantitative estimate of drug-likeness (QED) is 0.361. The molecule has 0 bridgehead atoms. The zero-order chi connectivity index (χ0) is 26.3. The molecule has 37 heavy (non-hydrogen) atoms. The van der Waals surface area contributed by atoms with Crippen LogP contribution in [0.3, 0.4) is 0 Å². The molecule has 2 atom stereocenters. The summed E-state index contributed by atoms with van der Waals surface area (Å²) in [4.78, 5) is 35.5. The minimum Gasteiger partial charge on any atom is -0.453 e. The van der Waals surface area contributed by atoms with Crippen LogP contribution >= 0.6 is 0 Å². The molecule has 12 heteroatoms. The molecule has 4 N–H and O–H groups in total. The van der Waals surface area contributed by atoms with Crippen LogP contribution in [-0.4, -0.2) is 63.3 Å². The molecule has 2 aromatic carbocycles. The summed E-state index contributed by atoms with van der Waals surface area (Å²) in [6.07, 6.45) is 3.24. The molecule has 1 saturated heterocycles. The monoisotopic (exact) mass is 506 g/mol. The molecule has 4 aromatic rings. The fraction of sp³-hybridized carbons (Fsp3) is 0.320. The normalized spacial score (nSPS) is 17.8. The molecule has 2 amide bonds. The van der Waals surface area contributed by atoms with Gasteiger partial charge in [-0.05, 0) is 38.1 Å². The fourth-order valence-corrected chi connectivity index (χ4v) is 4.76. The minimum absolute atomic E-state index is 0.0811. The number of hydrogen-bond donors (Lipinski definition) is 3. The van der Waals surface area contributed by atoms with Crippen LogP contribution in [0.5, 0.6) is 6.01 Å². The van der Waals surface area contributed by atoms with Gasteiger partial charge in [0.25, 0.3) is 11.8 Å². The van der Waals surface area contributed by atoms with Crippen molar-refractivity contribution in [3.8, 4) is 6.01 Å². The first kappa shape index (κ1) is 24.4. The van der Waals surface area contributed by atoms with Crippen LogP contribution in [0.25, 0.3) is 21.8 Å². The number of carbonyl (C=O) groups is 2. The zero-order valence-electron chi connectivity index (χ0n) is 20.7. The maximum absolute atomic E-state index is 14.6. The van der Waals surface area contributed by atoms with Gasteiger partial charge in [0.05, 0.1) is 11.1 Å². The third-order valence-electron chi connectivity index (χ3n) is 6.13. The average Bonchev–Trinajstić information content (AvgIpc) is 3.22. The van der Waals surface area contributed by atoms with Gasteiger partial charge >= 0.3 is 6.01 Å². The summed E-state index contributed by atoms with van der Waals surface area (Å²) < 4.78 is 21.4. The molecule has 1 aliphatic rings. The second-order valence-electron chi connectivity index (χ2n) is 9.33. The van der Waals surface area contributed by atoms with Gasteiger partial charge in [-0.15, -0.1) is 0 Å². The molecule has 2 aromatic heterocycles. The Morgan fingerprint density at radius 2 is 1.97 bits per heavy atom. The van der Waals surface area contributed by atoms with Crippen molar-refractivity contribution in [2.24, 2.45) is 12.8 Å². The first-order valence-electron chi connectivity index (χ1n) is 11.8. The van der Waals surface area contributed by atoms with Crippen molar-refractivity contribution in [1.29, 1.82) is 0 Å². The van der Waals surface area contributed by atoms with E-state index >= 15 is 0 Å². The summed E-state index contributed by atoms with van der Waals surface area (Å²) in [5, 5.41) is 11.6. The number of benzene rings is 2. The van der Waals surface area contributed by atoms with Crippen molar-refractivity contribution in [2.45, 2.75) is 25.9 Å². The second kappa shape index (κ2) is 9.62. The number of amides is 2. The van der Waals surface area contributed by atoms with Crippen molar-refractivity contribution in [1.82, 2.24) is 25.1 Å². The lowest BCUT2D eigenvalue weighted by Crippen LogP contribution is -2.54. The molecule has 1 fully saturated rings. The molecular weight excluding hydrogens is 479 g/mol. The van der Waals surface area contributed by atoms with E-state index in [0.717, 1.165) is 18.8 Å². The summed E-state index contributed by atoms with van der Waals surface area (Å²) in [6, 6.07) is 6.86.